The number of hydrogen-bond donors (Lipinski definition) is 1. The molecule has 0 amide bonds. The summed E-state index contributed by atoms with van der Waals surface area (Å²) in [6, 6.07) is 8.36. The van der Waals surface area contributed by atoms with Crippen molar-refractivity contribution in [2.24, 2.45) is 5.10 Å². The molecule has 0 fully saturated rings. The van der Waals surface area contributed by atoms with Crippen LogP contribution in [0.25, 0.3) is 0 Å². The lowest BCUT2D eigenvalue weighted by Crippen LogP contribution is -2.05. The monoisotopic (exact) mass is 352 g/mol. The third-order valence-electron chi connectivity index (χ3n) is 2.90. The van der Waals surface area contributed by atoms with E-state index in [0.717, 1.165) is 24.4 Å². The Morgan fingerprint density at radius 1 is 1.04 bits per heavy atom. The fourth-order valence-electron chi connectivity index (χ4n) is 1.79. The summed E-state index contributed by atoms with van der Waals surface area (Å²) in [5, 5.41) is 25.1. The molecule has 25 heavy (non-hydrogen) atoms. The highest BCUT2D eigenvalue weighted by Crippen LogP contribution is 2.24. The van der Waals surface area contributed by atoms with Crippen molar-refractivity contribution in [2.75, 3.05) is 5.43 Å². The number of hydrogen-bond acceptors (Lipinski definition) is 7. The largest absolute Gasteiger partial charge is 0.434 e. The van der Waals surface area contributed by atoms with Gasteiger partial charge in [0.2, 0.25) is 0 Å². The summed E-state index contributed by atoms with van der Waals surface area (Å²) in [5.74, 6) is -0.283. The van der Waals surface area contributed by atoms with Crippen molar-refractivity contribution in [3.63, 3.8) is 0 Å². The molecule has 0 aliphatic rings. The van der Waals surface area contributed by atoms with Gasteiger partial charge in [-0.05, 0) is 18.2 Å². The number of nitro benzene ring substituents is 2. The Morgan fingerprint density at radius 2 is 1.64 bits per heavy atom. The second-order valence-electron chi connectivity index (χ2n) is 4.53. The van der Waals surface area contributed by atoms with Gasteiger partial charge in [0.15, 0.2) is 0 Å². The van der Waals surface area contributed by atoms with Crippen molar-refractivity contribution >= 4 is 23.3 Å². The molecule has 0 heterocycles. The molecule has 0 aliphatic heterocycles. The van der Waals surface area contributed by atoms with Crippen molar-refractivity contribution in [1.82, 2.24) is 0 Å². The Hall–Kier alpha value is -3.63. The van der Waals surface area contributed by atoms with Gasteiger partial charge in [0.1, 0.15) is 5.75 Å². The first kappa shape index (κ1) is 17.7. The molecule has 0 saturated heterocycles. The van der Waals surface area contributed by atoms with Crippen LogP contribution in [0.15, 0.2) is 47.6 Å². The zero-order chi connectivity index (χ0) is 18.4. The minimum atomic E-state index is -3.10. The van der Waals surface area contributed by atoms with E-state index in [1.54, 1.807) is 0 Å². The molecular weight excluding hydrogens is 342 g/mol. The molecular formula is C14H10F2N4O5. The lowest BCUT2D eigenvalue weighted by Gasteiger charge is -2.07. The summed E-state index contributed by atoms with van der Waals surface area (Å²) in [7, 11) is 0. The lowest BCUT2D eigenvalue weighted by molar-refractivity contribution is -0.385. The van der Waals surface area contributed by atoms with E-state index in [1.165, 1.54) is 24.3 Å². The fourth-order valence-corrected chi connectivity index (χ4v) is 1.79. The summed E-state index contributed by atoms with van der Waals surface area (Å²) in [6.45, 7) is -3.10. The first-order valence-electron chi connectivity index (χ1n) is 6.63. The summed E-state index contributed by atoms with van der Waals surface area (Å²) in [6.07, 6.45) is 1.06. The van der Waals surface area contributed by atoms with Crippen LogP contribution in [-0.4, -0.2) is 22.7 Å². The van der Waals surface area contributed by atoms with Gasteiger partial charge in [0, 0.05) is 29.8 Å². The molecule has 0 radical (unpaired) electrons. The molecule has 2 aromatic carbocycles. The van der Waals surface area contributed by atoms with E-state index in [4.69, 9.17) is 0 Å². The number of ether oxygens (including phenoxy) is 1. The van der Waals surface area contributed by atoms with E-state index >= 15 is 0 Å². The molecule has 0 unspecified atom stereocenters. The van der Waals surface area contributed by atoms with Gasteiger partial charge in [0.25, 0.3) is 11.4 Å². The summed E-state index contributed by atoms with van der Waals surface area (Å²) in [5.41, 5.74) is 2.45. The number of halogens is 2. The molecule has 2 rings (SSSR count). The van der Waals surface area contributed by atoms with E-state index in [9.17, 15) is 29.0 Å². The molecule has 0 saturated carbocycles. The van der Waals surface area contributed by atoms with Gasteiger partial charge in [-0.3, -0.25) is 25.7 Å². The maximum absolute atomic E-state index is 12.4. The summed E-state index contributed by atoms with van der Waals surface area (Å²) in [4.78, 5) is 20.1. The standard InChI is InChI=1S/C14H10F2N4O5/c15-14(16)25-13-6-5-12(20(23)24)7-9(13)8-17-18-10-1-3-11(4-2-10)19(21)22/h1-8,14,18H/b17-8-. The Morgan fingerprint density at radius 3 is 2.20 bits per heavy atom. The Balaban J connectivity index is 2.18. The highest BCUT2D eigenvalue weighted by Gasteiger charge is 2.13. The second-order valence-corrected chi connectivity index (χ2v) is 4.53. The molecule has 0 aliphatic carbocycles. The molecule has 0 aromatic heterocycles. The van der Waals surface area contributed by atoms with E-state index in [0.29, 0.717) is 5.69 Å². The van der Waals surface area contributed by atoms with Gasteiger partial charge >= 0.3 is 6.61 Å². The van der Waals surface area contributed by atoms with E-state index in [1.807, 2.05) is 0 Å². The van der Waals surface area contributed by atoms with E-state index in [-0.39, 0.29) is 22.7 Å². The van der Waals surface area contributed by atoms with Gasteiger partial charge in [-0.25, -0.2) is 0 Å². The normalized spacial score (nSPS) is 10.8. The second kappa shape index (κ2) is 7.77. The molecule has 0 bridgehead atoms. The smallest absolute Gasteiger partial charge is 0.387 e. The maximum atomic E-state index is 12.4. The fraction of sp³-hybridized carbons (Fsp3) is 0.0714. The molecule has 2 aromatic rings. The number of hydrazone groups is 1. The number of nitrogens with zero attached hydrogens (tertiary/aromatic N) is 3. The predicted octanol–water partition coefficient (Wildman–Crippen LogP) is 3.55. The van der Waals surface area contributed by atoms with Crippen molar-refractivity contribution < 1.29 is 23.4 Å². The predicted molar refractivity (Wildman–Crippen MR) is 84.0 cm³/mol. The molecule has 0 atom stereocenters. The summed E-state index contributed by atoms with van der Waals surface area (Å²) >= 11 is 0. The van der Waals surface area contributed by atoms with Crippen molar-refractivity contribution in [3.05, 3.63) is 68.3 Å². The van der Waals surface area contributed by atoms with Crippen LogP contribution in [-0.2, 0) is 0 Å². The van der Waals surface area contributed by atoms with Crippen molar-refractivity contribution in [1.29, 1.82) is 0 Å². The van der Waals surface area contributed by atoms with Crippen LogP contribution >= 0.6 is 0 Å². The highest BCUT2D eigenvalue weighted by atomic mass is 19.3. The van der Waals surface area contributed by atoms with Crippen LogP contribution in [0.3, 0.4) is 0 Å². The van der Waals surface area contributed by atoms with Crippen molar-refractivity contribution in [3.8, 4) is 5.75 Å². The molecule has 1 N–H and O–H groups in total. The van der Waals surface area contributed by atoms with Crippen LogP contribution in [0.2, 0.25) is 0 Å². The zero-order valence-corrected chi connectivity index (χ0v) is 12.3. The van der Waals surface area contributed by atoms with Crippen LogP contribution in [0.5, 0.6) is 5.75 Å². The average Bonchev–Trinajstić information content (AvgIpc) is 2.56. The average molecular weight is 352 g/mol. The van der Waals surface area contributed by atoms with Crippen LogP contribution in [0.4, 0.5) is 25.8 Å². The van der Waals surface area contributed by atoms with E-state index < -0.39 is 16.5 Å². The maximum Gasteiger partial charge on any atom is 0.387 e. The zero-order valence-electron chi connectivity index (χ0n) is 12.3. The quantitative estimate of drug-likeness (QED) is 0.462. The van der Waals surface area contributed by atoms with Gasteiger partial charge in [-0.15, -0.1) is 0 Å². The number of alkyl halides is 2. The lowest BCUT2D eigenvalue weighted by atomic mass is 10.2. The number of nitro groups is 2. The van der Waals surface area contributed by atoms with Gasteiger partial charge in [-0.2, -0.15) is 13.9 Å². The number of nitrogens with one attached hydrogen (secondary N) is 1. The number of rotatable bonds is 7. The molecule has 0 spiro atoms. The van der Waals surface area contributed by atoms with Gasteiger partial charge in [-0.1, -0.05) is 0 Å². The number of non-ortho nitro benzene ring substituents is 2. The minimum absolute atomic E-state index is 0.0380. The molecule has 9 nitrogen and oxygen atoms in total. The highest BCUT2D eigenvalue weighted by molar-refractivity contribution is 5.85. The Bertz CT molecular complexity index is 811. The summed E-state index contributed by atoms with van der Waals surface area (Å²) < 4.78 is 29.0. The van der Waals surface area contributed by atoms with Crippen molar-refractivity contribution in [2.45, 2.75) is 6.61 Å². The minimum Gasteiger partial charge on any atom is -0.434 e. The number of anilines is 1. The van der Waals surface area contributed by atoms with E-state index in [2.05, 4.69) is 15.3 Å². The van der Waals surface area contributed by atoms with Crippen LogP contribution < -0.4 is 10.2 Å². The van der Waals surface area contributed by atoms with Crippen LogP contribution in [0, 0.1) is 20.2 Å². The topological polar surface area (TPSA) is 120 Å². The Labute approximate surface area is 138 Å². The third kappa shape index (κ3) is 4.92. The first-order valence-corrected chi connectivity index (χ1v) is 6.63. The van der Waals surface area contributed by atoms with Crippen LogP contribution in [0.1, 0.15) is 5.56 Å². The van der Waals surface area contributed by atoms with Gasteiger partial charge in [0.05, 0.1) is 21.7 Å². The SMILES string of the molecule is O=[N+]([O-])c1ccc(N/N=C\c2cc([N+](=O)[O-])ccc2OC(F)F)cc1. The first-order chi connectivity index (χ1) is 11.9. The Kier molecular flexibility index (Phi) is 5.50. The van der Waals surface area contributed by atoms with Gasteiger partial charge < -0.3 is 4.74 Å². The molecule has 11 heteroatoms. The molecule has 130 valence electrons. The third-order valence-corrected chi connectivity index (χ3v) is 2.90. The number of benzene rings is 2.